The van der Waals surface area contributed by atoms with E-state index in [0.29, 0.717) is 29.1 Å². The molecule has 1 aromatic rings. The van der Waals surface area contributed by atoms with Crippen LogP contribution < -0.4 is 15.4 Å². The van der Waals surface area contributed by atoms with Crippen LogP contribution in [-0.2, 0) is 9.59 Å². The lowest BCUT2D eigenvalue weighted by molar-refractivity contribution is -0.122. The summed E-state index contributed by atoms with van der Waals surface area (Å²) >= 11 is 1.32. The quantitative estimate of drug-likeness (QED) is 0.793. The van der Waals surface area contributed by atoms with Crippen LogP contribution >= 0.6 is 11.8 Å². The predicted molar refractivity (Wildman–Crippen MR) is 97.5 cm³/mol. The van der Waals surface area contributed by atoms with Crippen LogP contribution in [0.2, 0.25) is 0 Å². The first-order valence-corrected chi connectivity index (χ1v) is 8.82. The number of nitrogens with one attached hydrogen (secondary N) is 2. The molecule has 0 saturated carbocycles. The number of rotatable bonds is 7. The number of hydrogen-bond donors (Lipinski definition) is 2. The van der Waals surface area contributed by atoms with Crippen molar-refractivity contribution in [2.75, 3.05) is 19.0 Å². The lowest BCUT2D eigenvalue weighted by atomic mass is 10.1. The highest BCUT2D eigenvalue weighted by molar-refractivity contribution is 8.15. The highest BCUT2D eigenvalue weighted by Crippen LogP contribution is 2.26. The van der Waals surface area contributed by atoms with Gasteiger partial charge in [-0.05, 0) is 24.5 Å². The van der Waals surface area contributed by atoms with Gasteiger partial charge in [-0.25, -0.2) is 0 Å². The van der Waals surface area contributed by atoms with E-state index < -0.39 is 5.25 Å². The maximum Gasteiger partial charge on any atom is 0.240 e. The maximum absolute atomic E-state index is 12.2. The fourth-order valence-corrected chi connectivity index (χ4v) is 3.15. The Morgan fingerprint density at radius 1 is 1.42 bits per heavy atom. The lowest BCUT2D eigenvalue weighted by Gasteiger charge is -2.10. The first-order chi connectivity index (χ1) is 11.5. The summed E-state index contributed by atoms with van der Waals surface area (Å²) in [5.41, 5.74) is 0.597. The van der Waals surface area contributed by atoms with Gasteiger partial charge in [0.15, 0.2) is 5.17 Å². The molecule has 1 fully saturated rings. The van der Waals surface area contributed by atoms with Gasteiger partial charge in [0.25, 0.3) is 0 Å². The maximum atomic E-state index is 12.2. The molecule has 1 atom stereocenters. The van der Waals surface area contributed by atoms with Crippen molar-refractivity contribution >= 4 is 34.4 Å². The first-order valence-electron chi connectivity index (χ1n) is 7.94. The van der Waals surface area contributed by atoms with Crippen LogP contribution in [0.4, 0.5) is 5.69 Å². The second-order valence-electron chi connectivity index (χ2n) is 5.92. The monoisotopic (exact) mass is 349 g/mol. The van der Waals surface area contributed by atoms with Crippen LogP contribution in [0.1, 0.15) is 26.7 Å². The summed E-state index contributed by atoms with van der Waals surface area (Å²) < 4.78 is 5.20. The third-order valence-electron chi connectivity index (χ3n) is 3.49. The van der Waals surface area contributed by atoms with Crippen molar-refractivity contribution in [3.8, 4) is 5.75 Å². The summed E-state index contributed by atoms with van der Waals surface area (Å²) in [6, 6.07) is 7.17. The van der Waals surface area contributed by atoms with E-state index in [4.69, 9.17) is 4.74 Å². The van der Waals surface area contributed by atoms with Crippen LogP contribution in [-0.4, -0.2) is 35.9 Å². The highest BCUT2D eigenvalue weighted by atomic mass is 32.2. The SMILES string of the molecule is COc1ccccc1NC(=O)C[C@H]1SC(=NCCC(C)C)NC1=O. The number of ether oxygens (including phenoxy) is 1. The van der Waals surface area contributed by atoms with E-state index in [-0.39, 0.29) is 18.2 Å². The van der Waals surface area contributed by atoms with Gasteiger partial charge in [-0.15, -0.1) is 0 Å². The second-order valence-corrected chi connectivity index (χ2v) is 7.11. The zero-order valence-corrected chi connectivity index (χ0v) is 15.0. The molecule has 1 heterocycles. The average Bonchev–Trinajstić information content (AvgIpc) is 2.87. The Morgan fingerprint density at radius 2 is 2.17 bits per heavy atom. The molecule has 0 bridgehead atoms. The van der Waals surface area contributed by atoms with Gasteiger partial charge < -0.3 is 15.4 Å². The zero-order chi connectivity index (χ0) is 17.5. The molecular formula is C17H23N3O3S. The number of nitrogens with zero attached hydrogens (tertiary/aromatic N) is 1. The molecule has 2 amide bonds. The lowest BCUT2D eigenvalue weighted by Crippen LogP contribution is -2.28. The van der Waals surface area contributed by atoms with Crippen LogP contribution in [0.25, 0.3) is 0 Å². The van der Waals surface area contributed by atoms with Crippen molar-refractivity contribution in [1.29, 1.82) is 0 Å². The number of amidine groups is 1. The molecule has 1 aromatic carbocycles. The molecular weight excluding hydrogens is 326 g/mol. The fraction of sp³-hybridized carbons (Fsp3) is 0.471. The van der Waals surface area contributed by atoms with Gasteiger partial charge >= 0.3 is 0 Å². The predicted octanol–water partition coefficient (Wildman–Crippen LogP) is 2.66. The summed E-state index contributed by atoms with van der Waals surface area (Å²) in [5.74, 6) is 0.762. The Morgan fingerprint density at radius 3 is 2.88 bits per heavy atom. The van der Waals surface area contributed by atoms with Gasteiger partial charge in [0.1, 0.15) is 11.0 Å². The van der Waals surface area contributed by atoms with Crippen LogP contribution in [0, 0.1) is 5.92 Å². The van der Waals surface area contributed by atoms with Gasteiger partial charge in [0.05, 0.1) is 12.8 Å². The van der Waals surface area contributed by atoms with E-state index in [9.17, 15) is 9.59 Å². The molecule has 2 rings (SSSR count). The molecule has 24 heavy (non-hydrogen) atoms. The average molecular weight is 349 g/mol. The standard InChI is InChI=1S/C17H23N3O3S/c1-11(2)8-9-18-17-20-16(22)14(24-17)10-15(21)19-12-6-4-5-7-13(12)23-3/h4-7,11,14H,8-10H2,1-3H3,(H,19,21)(H,18,20,22)/t14-/m1/s1. The summed E-state index contributed by atoms with van der Waals surface area (Å²) in [6.07, 6.45) is 1.07. The van der Waals surface area contributed by atoms with E-state index in [1.807, 2.05) is 12.1 Å². The number of anilines is 1. The van der Waals surface area contributed by atoms with Crippen molar-refractivity contribution < 1.29 is 14.3 Å². The number of hydrogen-bond acceptors (Lipinski definition) is 5. The number of benzene rings is 1. The Balaban J connectivity index is 1.89. The normalized spacial score (nSPS) is 18.8. The smallest absolute Gasteiger partial charge is 0.240 e. The van der Waals surface area contributed by atoms with E-state index in [1.54, 1.807) is 19.2 Å². The summed E-state index contributed by atoms with van der Waals surface area (Å²) in [5, 5.41) is 5.68. The number of amides is 2. The van der Waals surface area contributed by atoms with Crippen LogP contribution in [0.5, 0.6) is 5.75 Å². The Kier molecular flexibility index (Phi) is 6.66. The molecule has 1 aliphatic heterocycles. The number of aliphatic imine (C=N–C) groups is 1. The third-order valence-corrected chi connectivity index (χ3v) is 4.61. The number of carbonyl (C=O) groups excluding carboxylic acids is 2. The molecule has 0 aromatic heterocycles. The van der Waals surface area contributed by atoms with Gasteiger partial charge in [-0.2, -0.15) is 0 Å². The number of thioether (sulfide) groups is 1. The van der Waals surface area contributed by atoms with E-state index in [0.717, 1.165) is 6.42 Å². The summed E-state index contributed by atoms with van der Waals surface area (Å²) in [6.45, 7) is 4.94. The molecule has 0 radical (unpaired) electrons. The van der Waals surface area contributed by atoms with E-state index >= 15 is 0 Å². The van der Waals surface area contributed by atoms with Crippen molar-refractivity contribution in [3.63, 3.8) is 0 Å². The number of para-hydroxylation sites is 2. The van der Waals surface area contributed by atoms with Gasteiger partial charge in [-0.3, -0.25) is 14.6 Å². The molecule has 0 aliphatic carbocycles. The summed E-state index contributed by atoms with van der Waals surface area (Å²) in [7, 11) is 1.55. The van der Waals surface area contributed by atoms with E-state index in [1.165, 1.54) is 11.8 Å². The molecule has 7 heteroatoms. The zero-order valence-electron chi connectivity index (χ0n) is 14.2. The Bertz CT molecular complexity index is 631. The fourth-order valence-electron chi connectivity index (χ4n) is 2.16. The molecule has 1 saturated heterocycles. The molecule has 130 valence electrons. The molecule has 2 N–H and O–H groups in total. The first kappa shape index (κ1) is 18.3. The van der Waals surface area contributed by atoms with Crippen molar-refractivity contribution in [1.82, 2.24) is 5.32 Å². The van der Waals surface area contributed by atoms with Crippen molar-refractivity contribution in [2.45, 2.75) is 31.9 Å². The topological polar surface area (TPSA) is 79.8 Å². The largest absolute Gasteiger partial charge is 0.495 e. The number of methoxy groups -OCH3 is 1. The molecule has 1 aliphatic rings. The Hall–Kier alpha value is -2.02. The van der Waals surface area contributed by atoms with Crippen molar-refractivity contribution in [2.24, 2.45) is 10.9 Å². The minimum atomic E-state index is -0.447. The second kappa shape index (κ2) is 8.73. The third kappa shape index (κ3) is 5.26. The minimum absolute atomic E-state index is 0.0950. The molecule has 6 nitrogen and oxygen atoms in total. The molecule has 0 spiro atoms. The summed E-state index contributed by atoms with van der Waals surface area (Å²) in [4.78, 5) is 28.5. The minimum Gasteiger partial charge on any atom is -0.495 e. The van der Waals surface area contributed by atoms with Crippen LogP contribution in [0.15, 0.2) is 29.3 Å². The number of carbonyl (C=O) groups is 2. The van der Waals surface area contributed by atoms with Gasteiger partial charge in [0.2, 0.25) is 11.8 Å². The highest BCUT2D eigenvalue weighted by Gasteiger charge is 2.32. The van der Waals surface area contributed by atoms with Gasteiger partial charge in [0, 0.05) is 13.0 Å². The van der Waals surface area contributed by atoms with Crippen molar-refractivity contribution in [3.05, 3.63) is 24.3 Å². The Labute approximate surface area is 146 Å². The van der Waals surface area contributed by atoms with Crippen LogP contribution in [0.3, 0.4) is 0 Å². The van der Waals surface area contributed by atoms with Gasteiger partial charge in [-0.1, -0.05) is 37.7 Å². The molecule has 0 unspecified atom stereocenters. The van der Waals surface area contributed by atoms with E-state index in [2.05, 4.69) is 29.5 Å².